The van der Waals surface area contributed by atoms with Crippen LogP contribution in [-0.4, -0.2) is 0 Å². The first-order chi connectivity index (χ1) is 13.7. The molecule has 2 saturated carbocycles. The highest BCUT2D eigenvalue weighted by molar-refractivity contribution is 5.22. The topological polar surface area (TPSA) is 23.8 Å². The van der Waals surface area contributed by atoms with E-state index in [9.17, 15) is 8.78 Å². The molecule has 0 atom stereocenters. The summed E-state index contributed by atoms with van der Waals surface area (Å²) in [7, 11) is 0. The zero-order chi connectivity index (χ0) is 19.8. The molecule has 1 aromatic carbocycles. The number of rotatable bonds is 5. The number of halogens is 2. The smallest absolute Gasteiger partial charge is 0.159 e. The van der Waals surface area contributed by atoms with Crippen molar-refractivity contribution in [3.05, 3.63) is 71.9 Å². The molecule has 0 saturated heterocycles. The fourth-order valence-corrected chi connectivity index (χ4v) is 4.58. The van der Waals surface area contributed by atoms with E-state index in [1.807, 2.05) is 18.2 Å². The van der Waals surface area contributed by atoms with Gasteiger partial charge in [-0.05, 0) is 92.7 Å². The van der Waals surface area contributed by atoms with Crippen molar-refractivity contribution in [3.8, 4) is 6.07 Å². The van der Waals surface area contributed by atoms with Crippen LogP contribution in [0.15, 0.2) is 54.7 Å². The van der Waals surface area contributed by atoms with E-state index in [2.05, 4.69) is 18.2 Å². The highest BCUT2D eigenvalue weighted by Crippen LogP contribution is 2.37. The Morgan fingerprint density at radius 2 is 1.32 bits per heavy atom. The lowest BCUT2D eigenvalue weighted by molar-refractivity contribution is 0.348. The normalized spacial score (nSPS) is 28.9. The molecule has 0 heterocycles. The van der Waals surface area contributed by atoms with E-state index in [1.165, 1.54) is 43.9 Å². The van der Waals surface area contributed by atoms with Gasteiger partial charge >= 0.3 is 0 Å². The molecule has 2 aliphatic carbocycles. The van der Waals surface area contributed by atoms with Gasteiger partial charge in [-0.3, -0.25) is 0 Å². The van der Waals surface area contributed by atoms with Crippen molar-refractivity contribution in [1.29, 1.82) is 5.26 Å². The highest BCUT2D eigenvalue weighted by Gasteiger charge is 2.23. The van der Waals surface area contributed by atoms with Crippen LogP contribution in [0.2, 0.25) is 0 Å². The molecule has 0 aromatic heterocycles. The van der Waals surface area contributed by atoms with Gasteiger partial charge in [-0.1, -0.05) is 36.4 Å². The molecule has 1 aromatic rings. The molecule has 1 nitrogen and oxygen atoms in total. The van der Waals surface area contributed by atoms with Crippen molar-refractivity contribution >= 4 is 0 Å². The van der Waals surface area contributed by atoms with Crippen LogP contribution >= 0.6 is 0 Å². The minimum Gasteiger partial charge on any atom is -0.204 e. The summed E-state index contributed by atoms with van der Waals surface area (Å²) in [5, 5.41) is 8.49. The maximum absolute atomic E-state index is 13.5. The molecule has 28 heavy (non-hydrogen) atoms. The van der Waals surface area contributed by atoms with Gasteiger partial charge in [-0.15, -0.1) is 0 Å². The molecule has 3 rings (SSSR count). The predicted molar refractivity (Wildman–Crippen MR) is 110 cm³/mol. The summed E-state index contributed by atoms with van der Waals surface area (Å²) in [6, 6.07) is 6.37. The Bertz CT molecular complexity index is 755. The Morgan fingerprint density at radius 1 is 0.750 bits per heavy atom. The third kappa shape index (κ3) is 5.89. The molecule has 0 amide bonds. The first kappa shape index (κ1) is 20.5. The summed E-state index contributed by atoms with van der Waals surface area (Å²) >= 11 is 0. The van der Waals surface area contributed by atoms with E-state index in [-0.39, 0.29) is 0 Å². The van der Waals surface area contributed by atoms with Gasteiger partial charge in [-0.25, -0.2) is 8.78 Å². The van der Waals surface area contributed by atoms with E-state index in [0.29, 0.717) is 23.7 Å². The maximum Gasteiger partial charge on any atom is 0.159 e. The van der Waals surface area contributed by atoms with E-state index < -0.39 is 11.6 Å². The standard InChI is InChI=1S/C25H29F2N/c26-24-16-15-23(18-25(24)27)22-13-11-21(12-14-22)10-9-20-7-5-19(6-8-20)4-2-1-3-17-28/h1-4,9-10,15-16,18-22H,5-8,11-14H2/b3-1?,4-2?,10-9+/t19-,20-,21-,22-. The van der Waals surface area contributed by atoms with Gasteiger partial charge in [0, 0.05) is 6.08 Å². The van der Waals surface area contributed by atoms with Gasteiger partial charge in [0.15, 0.2) is 11.6 Å². The third-order valence-electron chi connectivity index (χ3n) is 6.32. The van der Waals surface area contributed by atoms with Gasteiger partial charge in [0.25, 0.3) is 0 Å². The van der Waals surface area contributed by atoms with Crippen LogP contribution in [0.1, 0.15) is 62.8 Å². The number of nitriles is 1. The quantitative estimate of drug-likeness (QED) is 0.300. The second kappa shape index (κ2) is 10.4. The van der Waals surface area contributed by atoms with Gasteiger partial charge < -0.3 is 0 Å². The van der Waals surface area contributed by atoms with Crippen LogP contribution < -0.4 is 0 Å². The van der Waals surface area contributed by atoms with Crippen molar-refractivity contribution < 1.29 is 8.78 Å². The van der Waals surface area contributed by atoms with Crippen LogP contribution in [0, 0.1) is 40.7 Å². The molecule has 0 unspecified atom stereocenters. The molecular formula is C25H29F2N. The van der Waals surface area contributed by atoms with Crippen LogP contribution in [0.4, 0.5) is 8.78 Å². The Hall–Kier alpha value is -2.21. The number of benzene rings is 1. The van der Waals surface area contributed by atoms with Crippen LogP contribution in [0.25, 0.3) is 0 Å². The summed E-state index contributed by atoms with van der Waals surface area (Å²) in [5.41, 5.74) is 0.942. The summed E-state index contributed by atoms with van der Waals surface area (Å²) in [4.78, 5) is 0. The van der Waals surface area contributed by atoms with Crippen molar-refractivity contribution in [2.24, 2.45) is 17.8 Å². The lowest BCUT2D eigenvalue weighted by Crippen LogP contribution is -2.14. The molecule has 0 spiro atoms. The fourth-order valence-electron chi connectivity index (χ4n) is 4.58. The van der Waals surface area contributed by atoms with Crippen LogP contribution in [-0.2, 0) is 0 Å². The lowest BCUT2D eigenvalue weighted by atomic mass is 9.77. The predicted octanol–water partition coefficient (Wildman–Crippen LogP) is 7.24. The Balaban J connectivity index is 1.41. The van der Waals surface area contributed by atoms with E-state index >= 15 is 0 Å². The highest BCUT2D eigenvalue weighted by atomic mass is 19.2. The number of allylic oxidation sites excluding steroid dienone is 6. The van der Waals surface area contributed by atoms with E-state index in [4.69, 9.17) is 5.26 Å². The summed E-state index contributed by atoms with van der Waals surface area (Å²) in [6.45, 7) is 0. The fraction of sp³-hybridized carbons (Fsp3) is 0.480. The van der Waals surface area contributed by atoms with E-state index in [0.717, 1.165) is 31.2 Å². The van der Waals surface area contributed by atoms with Crippen LogP contribution in [0.5, 0.6) is 0 Å². The van der Waals surface area contributed by atoms with Gasteiger partial charge in [0.05, 0.1) is 6.07 Å². The minimum absolute atomic E-state index is 0.358. The molecule has 2 aliphatic rings. The molecule has 2 fully saturated rings. The van der Waals surface area contributed by atoms with Gasteiger partial charge in [0.2, 0.25) is 0 Å². The maximum atomic E-state index is 13.5. The van der Waals surface area contributed by atoms with Crippen molar-refractivity contribution in [1.82, 2.24) is 0 Å². The average Bonchev–Trinajstić information content (AvgIpc) is 2.73. The zero-order valence-electron chi connectivity index (χ0n) is 16.4. The minimum atomic E-state index is -0.760. The lowest BCUT2D eigenvalue weighted by Gasteiger charge is -2.28. The van der Waals surface area contributed by atoms with Crippen molar-refractivity contribution in [2.45, 2.75) is 57.3 Å². The second-order valence-electron chi connectivity index (χ2n) is 8.22. The molecule has 0 N–H and O–H groups in total. The molecule has 148 valence electrons. The van der Waals surface area contributed by atoms with Crippen molar-refractivity contribution in [2.75, 3.05) is 0 Å². The Morgan fingerprint density at radius 3 is 1.89 bits per heavy atom. The number of hydrogen-bond acceptors (Lipinski definition) is 1. The van der Waals surface area contributed by atoms with E-state index in [1.54, 1.807) is 6.07 Å². The molecular weight excluding hydrogens is 352 g/mol. The van der Waals surface area contributed by atoms with Crippen molar-refractivity contribution in [3.63, 3.8) is 0 Å². The number of nitrogens with zero attached hydrogens (tertiary/aromatic N) is 1. The Kier molecular flexibility index (Phi) is 7.60. The molecule has 0 aliphatic heterocycles. The second-order valence-corrected chi connectivity index (χ2v) is 8.22. The molecule has 3 heteroatoms. The zero-order valence-corrected chi connectivity index (χ0v) is 16.4. The monoisotopic (exact) mass is 381 g/mol. The number of hydrogen-bond donors (Lipinski definition) is 0. The first-order valence-electron chi connectivity index (χ1n) is 10.5. The third-order valence-corrected chi connectivity index (χ3v) is 6.32. The SMILES string of the molecule is N#CC=CC=C[C@H]1CC[C@H](/C=C/[C@H]2CC[C@H](c3ccc(F)c(F)c3)CC2)CC1. The van der Waals surface area contributed by atoms with Gasteiger partial charge in [-0.2, -0.15) is 5.26 Å². The average molecular weight is 382 g/mol. The van der Waals surface area contributed by atoms with Crippen LogP contribution in [0.3, 0.4) is 0 Å². The molecule has 0 bridgehead atoms. The summed E-state index contributed by atoms with van der Waals surface area (Å²) in [6.07, 6.45) is 21.6. The van der Waals surface area contributed by atoms with Gasteiger partial charge in [0.1, 0.15) is 0 Å². The molecule has 0 radical (unpaired) electrons. The summed E-state index contributed by atoms with van der Waals surface area (Å²) < 4.78 is 26.6. The largest absolute Gasteiger partial charge is 0.204 e. The first-order valence-corrected chi connectivity index (χ1v) is 10.5. The Labute approximate surface area is 167 Å². The summed E-state index contributed by atoms with van der Waals surface area (Å²) in [5.74, 6) is 0.811.